The molecule has 6 heteroatoms. The summed E-state index contributed by atoms with van der Waals surface area (Å²) in [5, 5.41) is 0. The minimum Gasteiger partial charge on any atom is -0.496 e. The van der Waals surface area contributed by atoms with E-state index in [1.54, 1.807) is 21.3 Å². The molecular weight excluding hydrogens is 416 g/mol. The Morgan fingerprint density at radius 3 is 2.09 bits per heavy atom. The molecule has 178 valence electrons. The van der Waals surface area contributed by atoms with Gasteiger partial charge in [0.15, 0.2) is 11.5 Å². The van der Waals surface area contributed by atoms with Crippen molar-refractivity contribution in [3.8, 4) is 17.2 Å². The summed E-state index contributed by atoms with van der Waals surface area (Å²) in [5.41, 5.74) is 6.51. The average Bonchev–Trinajstić information content (AvgIpc) is 3.03. The lowest BCUT2D eigenvalue weighted by molar-refractivity contribution is -0.131. The number of rotatable bonds is 8. The van der Waals surface area contributed by atoms with E-state index >= 15 is 0 Å². The van der Waals surface area contributed by atoms with Crippen molar-refractivity contribution >= 4 is 5.91 Å². The molecule has 6 nitrogen and oxygen atoms in total. The van der Waals surface area contributed by atoms with Crippen molar-refractivity contribution in [2.45, 2.75) is 38.5 Å². The Bertz CT molecular complexity index is 985. The van der Waals surface area contributed by atoms with Crippen molar-refractivity contribution in [2.75, 3.05) is 54.6 Å². The van der Waals surface area contributed by atoms with Crippen molar-refractivity contribution in [3.63, 3.8) is 0 Å². The Kier molecular flexibility index (Phi) is 7.13. The Morgan fingerprint density at radius 2 is 1.52 bits per heavy atom. The van der Waals surface area contributed by atoms with E-state index in [1.807, 2.05) is 4.90 Å². The lowest BCUT2D eigenvalue weighted by Gasteiger charge is -2.34. The number of carbonyl (C=O) groups excluding carboxylic acids is 1. The summed E-state index contributed by atoms with van der Waals surface area (Å²) in [5.74, 6) is 3.26. The number of methoxy groups -OCH3 is 3. The molecule has 0 saturated carbocycles. The van der Waals surface area contributed by atoms with Crippen LogP contribution in [0.4, 0.5) is 0 Å². The standard InChI is InChI=1S/C27H36N2O4/c1-18-12-23-21(16-24(18)31-3)13-22(23)17-28(2)9-8-27(30)29-10-6-19-14-25(32-4)26(33-5)15-20(19)7-11-29/h12,14-16,22H,6-11,13,17H2,1-5H3. The van der Waals surface area contributed by atoms with Gasteiger partial charge in [0.25, 0.3) is 0 Å². The zero-order valence-electron chi connectivity index (χ0n) is 20.6. The molecule has 0 aromatic heterocycles. The highest BCUT2D eigenvalue weighted by Crippen LogP contribution is 2.39. The van der Waals surface area contributed by atoms with E-state index in [0.29, 0.717) is 12.3 Å². The van der Waals surface area contributed by atoms with Gasteiger partial charge in [0, 0.05) is 38.5 Å². The molecule has 0 bridgehead atoms. The fraction of sp³-hybridized carbons (Fsp3) is 0.519. The molecule has 1 unspecified atom stereocenters. The first kappa shape index (κ1) is 23.4. The zero-order chi connectivity index (χ0) is 23.5. The highest BCUT2D eigenvalue weighted by molar-refractivity contribution is 5.76. The maximum Gasteiger partial charge on any atom is 0.223 e. The quantitative estimate of drug-likeness (QED) is 0.613. The van der Waals surface area contributed by atoms with Crippen molar-refractivity contribution in [2.24, 2.45) is 0 Å². The van der Waals surface area contributed by atoms with Crippen LogP contribution in [0.25, 0.3) is 0 Å². The maximum absolute atomic E-state index is 13.0. The van der Waals surface area contributed by atoms with Crippen LogP contribution in [-0.2, 0) is 24.1 Å². The van der Waals surface area contributed by atoms with Crippen LogP contribution in [-0.4, -0.2) is 70.3 Å². The Morgan fingerprint density at radius 1 is 0.939 bits per heavy atom. The summed E-state index contributed by atoms with van der Waals surface area (Å²) in [4.78, 5) is 17.3. The van der Waals surface area contributed by atoms with Crippen LogP contribution in [0.1, 0.15) is 40.2 Å². The van der Waals surface area contributed by atoms with Gasteiger partial charge in [-0.05, 0) is 79.3 Å². The normalized spacial score (nSPS) is 17.0. The predicted molar refractivity (Wildman–Crippen MR) is 130 cm³/mol. The highest BCUT2D eigenvalue weighted by Gasteiger charge is 2.28. The van der Waals surface area contributed by atoms with Crippen molar-refractivity contribution in [1.29, 1.82) is 0 Å². The Balaban J connectivity index is 1.28. The lowest BCUT2D eigenvalue weighted by Crippen LogP contribution is -2.37. The molecule has 1 aliphatic heterocycles. The SMILES string of the molecule is COc1cc2c(cc1C)C(CN(C)CCC(=O)N1CCc3cc(OC)c(OC)cc3CC1)C2. The van der Waals surface area contributed by atoms with Gasteiger partial charge in [-0.1, -0.05) is 6.07 Å². The largest absolute Gasteiger partial charge is 0.496 e. The summed E-state index contributed by atoms with van der Waals surface area (Å²) in [6, 6.07) is 8.56. The van der Waals surface area contributed by atoms with Gasteiger partial charge in [0.2, 0.25) is 5.91 Å². The zero-order valence-corrected chi connectivity index (χ0v) is 20.6. The number of carbonyl (C=O) groups is 1. The number of ether oxygens (including phenoxy) is 3. The molecule has 0 spiro atoms. The minimum absolute atomic E-state index is 0.239. The van der Waals surface area contributed by atoms with E-state index in [1.165, 1.54) is 27.8 Å². The number of fused-ring (bicyclic) bond motifs is 2. The molecule has 2 aromatic rings. The van der Waals surface area contributed by atoms with Gasteiger partial charge in [-0.25, -0.2) is 0 Å². The van der Waals surface area contributed by atoms with E-state index in [-0.39, 0.29) is 5.91 Å². The third-order valence-corrected chi connectivity index (χ3v) is 7.16. The van der Waals surface area contributed by atoms with Crippen LogP contribution < -0.4 is 14.2 Å². The molecule has 1 heterocycles. The van der Waals surface area contributed by atoms with Gasteiger partial charge in [-0.2, -0.15) is 0 Å². The van der Waals surface area contributed by atoms with Crippen LogP contribution in [0.2, 0.25) is 0 Å². The van der Waals surface area contributed by atoms with Crippen molar-refractivity contribution in [1.82, 2.24) is 9.80 Å². The molecule has 2 aliphatic rings. The third kappa shape index (κ3) is 4.96. The smallest absolute Gasteiger partial charge is 0.223 e. The average molecular weight is 453 g/mol. The summed E-state index contributed by atoms with van der Waals surface area (Å²) < 4.78 is 16.3. The summed E-state index contributed by atoms with van der Waals surface area (Å²) in [6.07, 6.45) is 3.33. The molecule has 0 radical (unpaired) electrons. The summed E-state index contributed by atoms with van der Waals surface area (Å²) in [6.45, 7) is 5.37. The molecule has 1 amide bonds. The number of hydrogen-bond donors (Lipinski definition) is 0. The van der Waals surface area contributed by atoms with Crippen molar-refractivity contribution < 1.29 is 19.0 Å². The van der Waals surface area contributed by atoms with E-state index in [0.717, 1.165) is 62.7 Å². The van der Waals surface area contributed by atoms with Gasteiger partial charge in [0.05, 0.1) is 21.3 Å². The molecule has 33 heavy (non-hydrogen) atoms. The number of amides is 1. The van der Waals surface area contributed by atoms with Crippen molar-refractivity contribution in [3.05, 3.63) is 52.1 Å². The minimum atomic E-state index is 0.239. The van der Waals surface area contributed by atoms with E-state index < -0.39 is 0 Å². The molecule has 1 aliphatic carbocycles. The molecular formula is C27H36N2O4. The second-order valence-electron chi connectivity index (χ2n) is 9.29. The number of hydrogen-bond acceptors (Lipinski definition) is 5. The monoisotopic (exact) mass is 452 g/mol. The lowest BCUT2D eigenvalue weighted by atomic mass is 9.76. The number of nitrogens with zero attached hydrogens (tertiary/aromatic N) is 2. The summed E-state index contributed by atoms with van der Waals surface area (Å²) >= 11 is 0. The predicted octanol–water partition coefficient (Wildman–Crippen LogP) is 3.61. The second kappa shape index (κ2) is 10.0. The summed E-state index contributed by atoms with van der Waals surface area (Å²) in [7, 11) is 7.17. The number of likely N-dealkylation sites (N-methyl/N-ethyl adjacent to an activating group) is 1. The fourth-order valence-corrected chi connectivity index (χ4v) is 5.15. The van der Waals surface area contributed by atoms with E-state index in [9.17, 15) is 4.79 Å². The maximum atomic E-state index is 13.0. The first-order valence-electron chi connectivity index (χ1n) is 11.8. The molecule has 2 aromatic carbocycles. The van der Waals surface area contributed by atoms with Gasteiger partial charge in [-0.15, -0.1) is 0 Å². The molecule has 0 fully saturated rings. The fourth-order valence-electron chi connectivity index (χ4n) is 5.15. The molecule has 0 N–H and O–H groups in total. The van der Waals surface area contributed by atoms with Gasteiger partial charge >= 0.3 is 0 Å². The Labute approximate surface area is 197 Å². The van der Waals surface area contributed by atoms with Crippen LogP contribution in [0, 0.1) is 6.92 Å². The molecule has 1 atom stereocenters. The second-order valence-corrected chi connectivity index (χ2v) is 9.29. The van der Waals surface area contributed by atoms with Gasteiger partial charge < -0.3 is 24.0 Å². The third-order valence-electron chi connectivity index (χ3n) is 7.16. The topological polar surface area (TPSA) is 51.2 Å². The first-order valence-corrected chi connectivity index (χ1v) is 11.8. The van der Waals surface area contributed by atoms with Gasteiger partial charge in [-0.3, -0.25) is 4.79 Å². The van der Waals surface area contributed by atoms with E-state index in [2.05, 4.69) is 43.1 Å². The van der Waals surface area contributed by atoms with Crippen LogP contribution in [0.15, 0.2) is 24.3 Å². The van der Waals surface area contributed by atoms with Crippen LogP contribution in [0.3, 0.4) is 0 Å². The molecule has 0 saturated heterocycles. The van der Waals surface area contributed by atoms with Gasteiger partial charge in [0.1, 0.15) is 5.75 Å². The number of benzene rings is 2. The Hall–Kier alpha value is -2.73. The highest BCUT2D eigenvalue weighted by atomic mass is 16.5. The van der Waals surface area contributed by atoms with Crippen LogP contribution >= 0.6 is 0 Å². The van der Waals surface area contributed by atoms with Crippen LogP contribution in [0.5, 0.6) is 17.2 Å². The first-order chi connectivity index (χ1) is 15.9. The number of aryl methyl sites for hydroxylation is 1. The molecule has 4 rings (SSSR count). The van der Waals surface area contributed by atoms with E-state index in [4.69, 9.17) is 14.2 Å².